The maximum atomic E-state index is 12.2. The highest BCUT2D eigenvalue weighted by molar-refractivity contribution is 5.89. The molecular formula is C19H28N2O4. The number of benzene rings is 1. The van der Waals surface area contributed by atoms with Crippen molar-refractivity contribution in [3.63, 3.8) is 0 Å². The van der Waals surface area contributed by atoms with Crippen molar-refractivity contribution in [3.05, 3.63) is 35.4 Å². The van der Waals surface area contributed by atoms with Crippen LogP contribution < -0.4 is 5.73 Å². The second kappa shape index (κ2) is 7.44. The molecule has 1 aliphatic heterocycles. The Labute approximate surface area is 149 Å². The lowest BCUT2D eigenvalue weighted by Crippen LogP contribution is -2.50. The highest BCUT2D eigenvalue weighted by Gasteiger charge is 2.35. The molecule has 1 amide bonds. The first-order chi connectivity index (χ1) is 11.6. The van der Waals surface area contributed by atoms with Gasteiger partial charge in [0, 0.05) is 18.6 Å². The lowest BCUT2D eigenvalue weighted by Gasteiger charge is -2.40. The van der Waals surface area contributed by atoms with Gasteiger partial charge in [0.15, 0.2) is 0 Å². The normalized spacial score (nSPS) is 17.1. The molecule has 2 rings (SSSR count). The van der Waals surface area contributed by atoms with Gasteiger partial charge in [-0.1, -0.05) is 12.1 Å². The Morgan fingerprint density at radius 2 is 1.72 bits per heavy atom. The monoisotopic (exact) mass is 348 g/mol. The first kappa shape index (κ1) is 19.2. The standard InChI is InChI=1S/C19H28N2O4/c1-5-24-16(22)14-6-8-15(9-7-14)19(20)10-12-21(13-11-19)17(23)25-18(2,3)4/h6-9H,5,10-13,20H2,1-4H3. The number of nitrogens with two attached hydrogens (primary N) is 1. The summed E-state index contributed by atoms with van der Waals surface area (Å²) in [5.74, 6) is -0.333. The van der Waals surface area contributed by atoms with Crippen molar-refractivity contribution >= 4 is 12.1 Å². The molecule has 25 heavy (non-hydrogen) atoms. The number of esters is 1. The SMILES string of the molecule is CCOC(=O)c1ccc(C2(N)CCN(C(=O)OC(C)(C)C)CC2)cc1. The molecule has 1 aliphatic rings. The van der Waals surface area contributed by atoms with Gasteiger partial charge in [0.1, 0.15) is 5.60 Å². The van der Waals surface area contributed by atoms with Crippen molar-refractivity contribution in [2.45, 2.75) is 51.7 Å². The van der Waals surface area contributed by atoms with E-state index in [1.807, 2.05) is 32.9 Å². The summed E-state index contributed by atoms with van der Waals surface area (Å²) in [5.41, 5.74) is 7.03. The molecule has 0 aliphatic carbocycles. The minimum Gasteiger partial charge on any atom is -0.462 e. The Kier molecular flexibility index (Phi) is 5.72. The van der Waals surface area contributed by atoms with Crippen LogP contribution >= 0.6 is 0 Å². The number of hydrogen-bond acceptors (Lipinski definition) is 5. The lowest BCUT2D eigenvalue weighted by molar-refractivity contribution is 0.0166. The molecule has 2 N–H and O–H groups in total. The summed E-state index contributed by atoms with van der Waals surface area (Å²) in [6.45, 7) is 8.78. The maximum Gasteiger partial charge on any atom is 0.410 e. The number of hydrogen-bond donors (Lipinski definition) is 1. The highest BCUT2D eigenvalue weighted by atomic mass is 16.6. The lowest BCUT2D eigenvalue weighted by atomic mass is 9.82. The molecule has 0 bridgehead atoms. The number of carbonyl (C=O) groups is 2. The van der Waals surface area contributed by atoms with Gasteiger partial charge in [0.05, 0.1) is 12.2 Å². The zero-order valence-electron chi connectivity index (χ0n) is 15.5. The number of nitrogens with zero attached hydrogens (tertiary/aromatic N) is 1. The Balaban J connectivity index is 2.00. The second-order valence-electron chi connectivity index (χ2n) is 7.42. The van der Waals surface area contributed by atoms with E-state index in [1.165, 1.54) is 0 Å². The molecule has 0 aromatic heterocycles. The van der Waals surface area contributed by atoms with E-state index in [0.717, 1.165) is 5.56 Å². The molecule has 138 valence electrons. The smallest absolute Gasteiger partial charge is 0.410 e. The van der Waals surface area contributed by atoms with E-state index in [-0.39, 0.29) is 12.1 Å². The number of ether oxygens (including phenoxy) is 2. The molecule has 1 fully saturated rings. The van der Waals surface area contributed by atoms with Gasteiger partial charge in [-0.05, 0) is 58.2 Å². The van der Waals surface area contributed by atoms with Gasteiger partial charge in [0.2, 0.25) is 0 Å². The second-order valence-corrected chi connectivity index (χ2v) is 7.42. The molecule has 1 aromatic rings. The van der Waals surface area contributed by atoms with E-state index >= 15 is 0 Å². The zero-order valence-corrected chi connectivity index (χ0v) is 15.5. The summed E-state index contributed by atoms with van der Waals surface area (Å²) in [4.78, 5) is 25.6. The molecule has 0 unspecified atom stereocenters. The van der Waals surface area contributed by atoms with Crippen LogP contribution in [0.5, 0.6) is 0 Å². The average Bonchev–Trinajstić information content (AvgIpc) is 2.54. The van der Waals surface area contributed by atoms with Gasteiger partial charge in [-0.15, -0.1) is 0 Å². The van der Waals surface area contributed by atoms with Crippen molar-refractivity contribution in [1.82, 2.24) is 4.90 Å². The van der Waals surface area contributed by atoms with Gasteiger partial charge in [-0.25, -0.2) is 9.59 Å². The molecule has 1 aromatic carbocycles. The van der Waals surface area contributed by atoms with Crippen LogP contribution in [0.25, 0.3) is 0 Å². The minimum atomic E-state index is -0.508. The fourth-order valence-corrected chi connectivity index (χ4v) is 2.86. The van der Waals surface area contributed by atoms with Gasteiger partial charge in [0.25, 0.3) is 0 Å². The number of piperidine rings is 1. The fourth-order valence-electron chi connectivity index (χ4n) is 2.86. The van der Waals surface area contributed by atoms with Crippen LogP contribution in [0.1, 0.15) is 56.5 Å². The number of rotatable bonds is 3. The fraction of sp³-hybridized carbons (Fsp3) is 0.579. The molecule has 6 heteroatoms. The van der Waals surface area contributed by atoms with Crippen LogP contribution in [0.2, 0.25) is 0 Å². The topological polar surface area (TPSA) is 81.9 Å². The van der Waals surface area contributed by atoms with Crippen LogP contribution in [0, 0.1) is 0 Å². The van der Waals surface area contributed by atoms with E-state index < -0.39 is 11.1 Å². The first-order valence-electron chi connectivity index (χ1n) is 8.69. The predicted molar refractivity (Wildman–Crippen MR) is 95.3 cm³/mol. The number of likely N-dealkylation sites (tertiary alicyclic amines) is 1. The van der Waals surface area contributed by atoms with Crippen molar-refractivity contribution in [2.24, 2.45) is 5.73 Å². The summed E-state index contributed by atoms with van der Waals surface area (Å²) in [5, 5.41) is 0. The molecule has 0 saturated carbocycles. The third kappa shape index (κ3) is 4.95. The molecule has 6 nitrogen and oxygen atoms in total. The van der Waals surface area contributed by atoms with Crippen molar-refractivity contribution in [3.8, 4) is 0 Å². The number of carbonyl (C=O) groups excluding carboxylic acids is 2. The number of amides is 1. The van der Waals surface area contributed by atoms with Crippen LogP contribution in [0.3, 0.4) is 0 Å². The third-order valence-electron chi connectivity index (χ3n) is 4.28. The van der Waals surface area contributed by atoms with Gasteiger partial charge >= 0.3 is 12.1 Å². The Hall–Kier alpha value is -2.08. The maximum absolute atomic E-state index is 12.2. The van der Waals surface area contributed by atoms with E-state index in [1.54, 1.807) is 24.0 Å². The van der Waals surface area contributed by atoms with E-state index in [0.29, 0.717) is 38.1 Å². The largest absolute Gasteiger partial charge is 0.462 e. The zero-order chi connectivity index (χ0) is 18.7. The summed E-state index contributed by atoms with van der Waals surface area (Å²) < 4.78 is 10.4. The molecule has 0 spiro atoms. The Bertz CT molecular complexity index is 611. The molecule has 0 radical (unpaired) electrons. The first-order valence-corrected chi connectivity index (χ1v) is 8.69. The third-order valence-corrected chi connectivity index (χ3v) is 4.28. The van der Waals surface area contributed by atoms with Crippen molar-refractivity contribution in [1.29, 1.82) is 0 Å². The average molecular weight is 348 g/mol. The van der Waals surface area contributed by atoms with Gasteiger partial charge in [-0.3, -0.25) is 0 Å². The quantitative estimate of drug-likeness (QED) is 0.849. The van der Waals surface area contributed by atoms with Crippen LogP contribution in [0.4, 0.5) is 4.79 Å². The summed E-state index contributed by atoms with van der Waals surface area (Å²) in [7, 11) is 0. The van der Waals surface area contributed by atoms with Crippen molar-refractivity contribution < 1.29 is 19.1 Å². The molecular weight excluding hydrogens is 320 g/mol. The van der Waals surface area contributed by atoms with Gasteiger partial charge < -0.3 is 20.1 Å². The minimum absolute atomic E-state index is 0.299. The van der Waals surface area contributed by atoms with Crippen LogP contribution in [0.15, 0.2) is 24.3 Å². The van der Waals surface area contributed by atoms with E-state index in [2.05, 4.69) is 0 Å². The molecule has 1 heterocycles. The van der Waals surface area contributed by atoms with Crippen molar-refractivity contribution in [2.75, 3.05) is 19.7 Å². The summed E-state index contributed by atoms with van der Waals surface area (Å²) in [6.07, 6.45) is 0.989. The van der Waals surface area contributed by atoms with Gasteiger partial charge in [-0.2, -0.15) is 0 Å². The predicted octanol–water partition coefficient (Wildman–Crippen LogP) is 3.05. The van der Waals surface area contributed by atoms with Crippen LogP contribution in [-0.4, -0.2) is 42.3 Å². The summed E-state index contributed by atoms with van der Waals surface area (Å²) in [6, 6.07) is 7.22. The molecule has 0 atom stereocenters. The Morgan fingerprint density at radius 3 is 2.20 bits per heavy atom. The van der Waals surface area contributed by atoms with Crippen LogP contribution in [-0.2, 0) is 15.0 Å². The molecule has 1 saturated heterocycles. The highest BCUT2D eigenvalue weighted by Crippen LogP contribution is 2.31. The summed E-state index contributed by atoms with van der Waals surface area (Å²) >= 11 is 0. The Morgan fingerprint density at radius 1 is 1.16 bits per heavy atom. The van der Waals surface area contributed by atoms with E-state index in [9.17, 15) is 9.59 Å². The van der Waals surface area contributed by atoms with E-state index in [4.69, 9.17) is 15.2 Å².